The van der Waals surface area contributed by atoms with Crippen LogP contribution in [-0.4, -0.2) is 15.8 Å². The first-order valence-electron chi connectivity index (χ1n) is 2.25. The van der Waals surface area contributed by atoms with Gasteiger partial charge in [-0.05, 0) is 25.7 Å². The summed E-state index contributed by atoms with van der Waals surface area (Å²) in [6, 6.07) is 0.0378. The van der Waals surface area contributed by atoms with Crippen LogP contribution in [0.3, 0.4) is 0 Å². The molecule has 8 heavy (non-hydrogen) atoms. The van der Waals surface area contributed by atoms with Gasteiger partial charge in [-0.3, -0.25) is 0 Å². The predicted octanol–water partition coefficient (Wildman–Crippen LogP) is 0.193. The molecule has 5 heteroatoms. The van der Waals surface area contributed by atoms with Crippen LogP contribution < -0.4 is 5.09 Å². The fraction of sp³-hybridized carbons (Fsp3) is 1.00. The van der Waals surface area contributed by atoms with Gasteiger partial charge in [-0.25, -0.2) is 5.09 Å². The van der Waals surface area contributed by atoms with E-state index < -0.39 is 6.64 Å². The normalized spacial score (nSPS) is 12.6. The van der Waals surface area contributed by atoms with Gasteiger partial charge in [-0.15, -0.1) is 0 Å². The Balaban J connectivity index is 3.56. The van der Waals surface area contributed by atoms with Crippen LogP contribution in [0.2, 0.25) is 0 Å². The molecule has 0 aliphatic heterocycles. The highest BCUT2D eigenvalue weighted by atomic mass is 32.5. The number of rotatable bonds is 2. The Hall–Kier alpha value is 0.530. The van der Waals surface area contributed by atoms with Crippen molar-refractivity contribution >= 4 is 18.4 Å². The predicted molar refractivity (Wildman–Crippen MR) is 37.0 cm³/mol. The minimum absolute atomic E-state index is 0.0378. The first kappa shape index (κ1) is 8.53. The van der Waals surface area contributed by atoms with Gasteiger partial charge in [0.05, 0.1) is 0 Å². The van der Waals surface area contributed by atoms with Crippen LogP contribution in [0.5, 0.6) is 0 Å². The maximum absolute atomic E-state index is 8.56. The number of hydrogen-bond donors (Lipinski definition) is 3. The molecule has 3 nitrogen and oxygen atoms in total. The van der Waals surface area contributed by atoms with Crippen LogP contribution in [-0.2, 0) is 11.8 Å². The van der Waals surface area contributed by atoms with Gasteiger partial charge in [0.25, 0.3) is 6.64 Å². The second-order valence-electron chi connectivity index (χ2n) is 1.83. The third-order valence-corrected chi connectivity index (χ3v) is 1.60. The zero-order valence-electron chi connectivity index (χ0n) is 4.83. The molecule has 0 bridgehead atoms. The van der Waals surface area contributed by atoms with Gasteiger partial charge >= 0.3 is 0 Å². The highest BCUT2D eigenvalue weighted by Crippen LogP contribution is 2.29. The zero-order chi connectivity index (χ0) is 6.78. The second-order valence-corrected chi connectivity index (χ2v) is 4.70. The van der Waals surface area contributed by atoms with Crippen molar-refractivity contribution in [3.8, 4) is 0 Å². The molecular formula is C3H10NO2PS. The van der Waals surface area contributed by atoms with Crippen molar-refractivity contribution in [3.05, 3.63) is 0 Å². The maximum Gasteiger partial charge on any atom is 0.256 e. The SMILES string of the molecule is CC(C)NP(O)(O)=S. The van der Waals surface area contributed by atoms with Gasteiger partial charge in [0.2, 0.25) is 0 Å². The first-order chi connectivity index (χ1) is 3.42. The van der Waals surface area contributed by atoms with Gasteiger partial charge in [0, 0.05) is 6.04 Å². The molecule has 0 unspecified atom stereocenters. The topological polar surface area (TPSA) is 52.5 Å². The van der Waals surface area contributed by atoms with E-state index in [0.29, 0.717) is 0 Å². The van der Waals surface area contributed by atoms with Crippen LogP contribution >= 0.6 is 6.64 Å². The lowest BCUT2D eigenvalue weighted by molar-refractivity contribution is 0.452. The summed E-state index contributed by atoms with van der Waals surface area (Å²) in [6.45, 7) is 0.460. The Bertz CT molecular complexity index is 110. The van der Waals surface area contributed by atoms with Crippen molar-refractivity contribution < 1.29 is 9.79 Å². The highest BCUT2D eigenvalue weighted by molar-refractivity contribution is 8.08. The Morgan fingerprint density at radius 2 is 1.88 bits per heavy atom. The standard InChI is InChI=1S/C3H10NO2PS/c1-3(2)4-7(5,6)8/h3H,1-2H3,(H3,4,5,6,8). The summed E-state index contributed by atoms with van der Waals surface area (Å²) in [5, 5.41) is 2.42. The molecule has 0 saturated heterocycles. The Morgan fingerprint density at radius 3 is 1.88 bits per heavy atom. The molecular weight excluding hydrogens is 145 g/mol. The average Bonchev–Trinajstić information content (AvgIpc) is 1.21. The number of hydrogen-bond acceptors (Lipinski definition) is 1. The van der Waals surface area contributed by atoms with Gasteiger partial charge in [0.15, 0.2) is 0 Å². The molecule has 0 heterocycles. The molecule has 0 aromatic carbocycles. The molecule has 0 aliphatic rings. The van der Waals surface area contributed by atoms with E-state index in [0.717, 1.165) is 0 Å². The summed E-state index contributed by atoms with van der Waals surface area (Å²) in [7, 11) is 0. The minimum Gasteiger partial charge on any atom is -0.334 e. The van der Waals surface area contributed by atoms with Crippen molar-refractivity contribution in [2.24, 2.45) is 0 Å². The van der Waals surface area contributed by atoms with Crippen molar-refractivity contribution in [2.45, 2.75) is 19.9 Å². The first-order valence-corrected chi connectivity index (χ1v) is 4.96. The van der Waals surface area contributed by atoms with E-state index in [9.17, 15) is 0 Å². The smallest absolute Gasteiger partial charge is 0.256 e. The van der Waals surface area contributed by atoms with Crippen LogP contribution in [0, 0.1) is 0 Å². The van der Waals surface area contributed by atoms with Crippen LogP contribution in [0.4, 0.5) is 0 Å². The highest BCUT2D eigenvalue weighted by Gasteiger charge is 2.06. The molecule has 0 fully saturated rings. The third kappa shape index (κ3) is 6.53. The van der Waals surface area contributed by atoms with Crippen LogP contribution in [0.1, 0.15) is 13.8 Å². The lowest BCUT2D eigenvalue weighted by Gasteiger charge is -2.11. The second kappa shape index (κ2) is 2.90. The molecule has 0 atom stereocenters. The van der Waals surface area contributed by atoms with Gasteiger partial charge in [-0.1, -0.05) is 0 Å². The largest absolute Gasteiger partial charge is 0.334 e. The number of nitrogens with one attached hydrogen (secondary N) is 1. The molecule has 50 valence electrons. The summed E-state index contributed by atoms with van der Waals surface area (Å²) in [6.07, 6.45) is 0. The molecule has 3 N–H and O–H groups in total. The van der Waals surface area contributed by atoms with E-state index in [1.807, 2.05) is 0 Å². The quantitative estimate of drug-likeness (QED) is 0.498. The molecule has 0 radical (unpaired) electrons. The molecule has 0 aromatic heterocycles. The monoisotopic (exact) mass is 155 g/mol. The zero-order valence-corrected chi connectivity index (χ0v) is 6.54. The maximum atomic E-state index is 8.56. The fourth-order valence-corrected chi connectivity index (χ4v) is 1.64. The van der Waals surface area contributed by atoms with E-state index in [4.69, 9.17) is 9.79 Å². The molecule has 0 spiro atoms. The average molecular weight is 155 g/mol. The minimum atomic E-state index is -3.14. The Labute approximate surface area is 54.0 Å². The fourth-order valence-electron chi connectivity index (χ4n) is 0.336. The van der Waals surface area contributed by atoms with Gasteiger partial charge in [-0.2, -0.15) is 0 Å². The van der Waals surface area contributed by atoms with Crippen molar-refractivity contribution in [2.75, 3.05) is 0 Å². The summed E-state index contributed by atoms with van der Waals surface area (Å²) in [5.41, 5.74) is 0. The molecule has 0 aromatic rings. The van der Waals surface area contributed by atoms with E-state index in [-0.39, 0.29) is 6.04 Å². The van der Waals surface area contributed by atoms with Crippen molar-refractivity contribution in [1.29, 1.82) is 0 Å². The molecule has 0 aliphatic carbocycles. The van der Waals surface area contributed by atoms with E-state index in [1.165, 1.54) is 0 Å². The third-order valence-electron chi connectivity index (χ3n) is 0.426. The molecule has 0 rings (SSSR count). The lowest BCUT2D eigenvalue weighted by Crippen LogP contribution is -2.18. The van der Waals surface area contributed by atoms with E-state index in [1.54, 1.807) is 13.8 Å². The van der Waals surface area contributed by atoms with Crippen LogP contribution in [0.15, 0.2) is 0 Å². The summed E-state index contributed by atoms with van der Waals surface area (Å²) in [5.74, 6) is 0. The van der Waals surface area contributed by atoms with E-state index in [2.05, 4.69) is 16.9 Å². The van der Waals surface area contributed by atoms with Crippen LogP contribution in [0.25, 0.3) is 0 Å². The summed E-state index contributed by atoms with van der Waals surface area (Å²) < 4.78 is 0. The van der Waals surface area contributed by atoms with E-state index >= 15 is 0 Å². The van der Waals surface area contributed by atoms with Crippen molar-refractivity contribution in [3.63, 3.8) is 0 Å². The Kier molecular flexibility index (Phi) is 3.09. The van der Waals surface area contributed by atoms with Crippen molar-refractivity contribution in [1.82, 2.24) is 5.09 Å². The summed E-state index contributed by atoms with van der Waals surface area (Å²) in [4.78, 5) is 17.1. The van der Waals surface area contributed by atoms with Gasteiger partial charge < -0.3 is 9.79 Å². The summed E-state index contributed by atoms with van der Waals surface area (Å²) >= 11 is 4.27. The lowest BCUT2D eigenvalue weighted by atomic mass is 10.4. The van der Waals surface area contributed by atoms with Gasteiger partial charge in [0.1, 0.15) is 0 Å². The molecule has 0 saturated carbocycles. The molecule has 0 amide bonds. The Morgan fingerprint density at radius 1 is 1.50 bits per heavy atom.